The Morgan fingerprint density at radius 2 is 2.15 bits per heavy atom. The maximum absolute atomic E-state index is 12.3. The zero-order valence-corrected chi connectivity index (χ0v) is 16.2. The van der Waals surface area contributed by atoms with Crippen LogP contribution in [0.2, 0.25) is 0 Å². The number of hydrogen-bond acceptors (Lipinski definition) is 5. The molecule has 2 unspecified atom stereocenters. The molecule has 0 aromatic carbocycles. The van der Waals surface area contributed by atoms with Gasteiger partial charge in [0.2, 0.25) is 5.91 Å². The van der Waals surface area contributed by atoms with Crippen LogP contribution in [0.25, 0.3) is 10.2 Å². The van der Waals surface area contributed by atoms with Gasteiger partial charge < -0.3 is 16.2 Å². The first kappa shape index (κ1) is 18.8. The van der Waals surface area contributed by atoms with E-state index in [9.17, 15) is 9.59 Å². The van der Waals surface area contributed by atoms with Crippen LogP contribution in [-0.4, -0.2) is 34.6 Å². The minimum absolute atomic E-state index is 0.264. The van der Waals surface area contributed by atoms with Crippen molar-refractivity contribution in [3.05, 3.63) is 28.3 Å². The molecule has 6 nitrogen and oxygen atoms in total. The zero-order chi connectivity index (χ0) is 19.1. The molecule has 26 heavy (non-hydrogen) atoms. The predicted molar refractivity (Wildman–Crippen MR) is 102 cm³/mol. The van der Waals surface area contributed by atoms with Gasteiger partial charge in [0.15, 0.2) is 0 Å². The van der Waals surface area contributed by atoms with Crippen molar-refractivity contribution >= 4 is 33.4 Å². The van der Waals surface area contributed by atoms with Gasteiger partial charge in [-0.15, -0.1) is 11.3 Å². The minimum atomic E-state index is -1.08. The summed E-state index contributed by atoms with van der Waals surface area (Å²) in [5.74, 6) is -0.559. The molecule has 0 aliphatic heterocycles. The summed E-state index contributed by atoms with van der Waals surface area (Å²) in [5, 5.41) is 12.5. The summed E-state index contributed by atoms with van der Waals surface area (Å²) in [7, 11) is 0. The van der Waals surface area contributed by atoms with Gasteiger partial charge in [-0.2, -0.15) is 0 Å². The van der Waals surface area contributed by atoms with Crippen molar-refractivity contribution < 1.29 is 14.7 Å². The van der Waals surface area contributed by atoms with Crippen LogP contribution >= 0.6 is 11.3 Å². The van der Waals surface area contributed by atoms with Crippen LogP contribution in [0, 0.1) is 11.3 Å². The number of pyridine rings is 1. The molecule has 0 radical (unpaired) electrons. The SMILES string of the molecule is CC(C)(C)C1CCc2nc3sc(C(=O)NC(CO)C(N)=O)cc3cc2C1. The van der Waals surface area contributed by atoms with Crippen LogP contribution < -0.4 is 11.1 Å². The number of amides is 2. The maximum Gasteiger partial charge on any atom is 0.262 e. The van der Waals surface area contributed by atoms with E-state index < -0.39 is 24.5 Å². The number of nitrogens with two attached hydrogens (primary N) is 1. The number of aromatic nitrogens is 1. The van der Waals surface area contributed by atoms with E-state index in [1.807, 2.05) is 0 Å². The third-order valence-corrected chi connectivity index (χ3v) is 6.20. The molecule has 0 bridgehead atoms. The number of nitrogens with zero attached hydrogens (tertiary/aromatic N) is 1. The average Bonchev–Trinajstić information content (AvgIpc) is 2.98. The normalized spacial score (nSPS) is 18.4. The van der Waals surface area contributed by atoms with Crippen LogP contribution in [0.3, 0.4) is 0 Å². The molecule has 2 amide bonds. The number of aliphatic hydroxyl groups excluding tert-OH is 1. The number of thiophene rings is 1. The van der Waals surface area contributed by atoms with Gasteiger partial charge in [0, 0.05) is 11.1 Å². The molecule has 4 N–H and O–H groups in total. The van der Waals surface area contributed by atoms with E-state index in [-0.39, 0.29) is 5.41 Å². The fourth-order valence-electron chi connectivity index (χ4n) is 3.41. The number of carbonyl (C=O) groups is 2. The summed E-state index contributed by atoms with van der Waals surface area (Å²) in [6.07, 6.45) is 3.10. The second-order valence-electron chi connectivity index (χ2n) is 8.02. The average molecular weight is 375 g/mol. The first-order valence-electron chi connectivity index (χ1n) is 8.82. The van der Waals surface area contributed by atoms with E-state index in [1.54, 1.807) is 6.07 Å². The molecule has 0 fully saturated rings. The summed E-state index contributed by atoms with van der Waals surface area (Å²) in [6, 6.07) is 2.85. The largest absolute Gasteiger partial charge is 0.394 e. The van der Waals surface area contributed by atoms with E-state index in [4.69, 9.17) is 15.8 Å². The lowest BCUT2D eigenvalue weighted by atomic mass is 9.71. The van der Waals surface area contributed by atoms with Crippen molar-refractivity contribution in [3.8, 4) is 0 Å². The second kappa shape index (κ2) is 6.96. The van der Waals surface area contributed by atoms with Gasteiger partial charge in [0.25, 0.3) is 5.91 Å². The fourth-order valence-corrected chi connectivity index (χ4v) is 4.35. The summed E-state index contributed by atoms with van der Waals surface area (Å²) < 4.78 is 0. The third kappa shape index (κ3) is 3.73. The van der Waals surface area contributed by atoms with Crippen LogP contribution in [0.15, 0.2) is 12.1 Å². The second-order valence-corrected chi connectivity index (χ2v) is 9.05. The number of primary amides is 1. The molecule has 1 aliphatic carbocycles. The van der Waals surface area contributed by atoms with Crippen molar-refractivity contribution in [1.29, 1.82) is 0 Å². The highest BCUT2D eigenvalue weighted by Gasteiger charge is 2.29. The summed E-state index contributed by atoms with van der Waals surface area (Å²) in [5.41, 5.74) is 7.81. The van der Waals surface area contributed by atoms with Crippen molar-refractivity contribution in [2.75, 3.05) is 6.61 Å². The predicted octanol–water partition coefficient (Wildman–Crippen LogP) is 2.02. The van der Waals surface area contributed by atoms with Gasteiger partial charge in [-0.05, 0) is 48.3 Å². The quantitative estimate of drug-likeness (QED) is 0.760. The standard InChI is InChI=1S/C19H25N3O3S/c1-19(2,3)12-4-5-13-10(7-12)6-11-8-15(26-18(11)22-13)17(25)21-14(9-23)16(20)24/h6,8,12,14,23H,4-5,7,9H2,1-3H3,(H2,20,24)(H,21,25). The number of carbonyl (C=O) groups excluding carboxylic acids is 2. The Bertz CT molecular complexity index is 854. The van der Waals surface area contributed by atoms with Crippen LogP contribution in [0.1, 0.15) is 48.1 Å². The number of rotatable bonds is 4. The number of hydrogen-bond donors (Lipinski definition) is 3. The van der Waals surface area contributed by atoms with E-state index in [0.29, 0.717) is 10.8 Å². The Balaban J connectivity index is 1.86. The highest BCUT2D eigenvalue weighted by molar-refractivity contribution is 7.20. The highest BCUT2D eigenvalue weighted by Crippen LogP contribution is 2.38. The van der Waals surface area contributed by atoms with Gasteiger partial charge in [-0.1, -0.05) is 20.8 Å². The third-order valence-electron chi connectivity index (χ3n) is 5.15. The molecule has 2 heterocycles. The molecule has 7 heteroatoms. The lowest BCUT2D eigenvalue weighted by molar-refractivity contribution is -0.120. The molecule has 2 aromatic heterocycles. The molecule has 0 spiro atoms. The smallest absolute Gasteiger partial charge is 0.262 e. The Morgan fingerprint density at radius 1 is 1.42 bits per heavy atom. The molecule has 1 aliphatic rings. The summed E-state index contributed by atoms with van der Waals surface area (Å²) in [6.45, 7) is 6.31. The Labute approximate surface area is 156 Å². The first-order valence-corrected chi connectivity index (χ1v) is 9.64. The zero-order valence-electron chi connectivity index (χ0n) is 15.3. The van der Waals surface area contributed by atoms with Crippen LogP contribution in [0.5, 0.6) is 0 Å². The van der Waals surface area contributed by atoms with Gasteiger partial charge in [-0.25, -0.2) is 4.98 Å². The van der Waals surface area contributed by atoms with Crippen molar-refractivity contribution in [1.82, 2.24) is 10.3 Å². The number of fused-ring (bicyclic) bond motifs is 2. The highest BCUT2D eigenvalue weighted by atomic mass is 32.1. The molecule has 140 valence electrons. The van der Waals surface area contributed by atoms with Gasteiger partial charge in [0.05, 0.1) is 11.5 Å². The molecule has 0 saturated heterocycles. The molecular weight excluding hydrogens is 350 g/mol. The van der Waals surface area contributed by atoms with E-state index in [1.165, 1.54) is 16.9 Å². The lowest BCUT2D eigenvalue weighted by Gasteiger charge is -2.34. The molecule has 3 rings (SSSR count). The van der Waals surface area contributed by atoms with Gasteiger partial charge >= 0.3 is 0 Å². The number of aliphatic hydroxyl groups is 1. The molecule has 2 aromatic rings. The topological polar surface area (TPSA) is 105 Å². The van der Waals surface area contributed by atoms with E-state index >= 15 is 0 Å². The molecule has 2 atom stereocenters. The summed E-state index contributed by atoms with van der Waals surface area (Å²) >= 11 is 1.29. The van der Waals surface area contributed by atoms with Crippen molar-refractivity contribution in [2.24, 2.45) is 17.1 Å². The van der Waals surface area contributed by atoms with Crippen molar-refractivity contribution in [3.63, 3.8) is 0 Å². The maximum atomic E-state index is 12.3. The van der Waals surface area contributed by atoms with Crippen molar-refractivity contribution in [2.45, 2.75) is 46.1 Å². The van der Waals surface area contributed by atoms with Gasteiger partial charge in [-0.3, -0.25) is 9.59 Å². The summed E-state index contributed by atoms with van der Waals surface area (Å²) in [4.78, 5) is 29.6. The number of aryl methyl sites for hydroxylation is 1. The van der Waals surface area contributed by atoms with Crippen LogP contribution in [0.4, 0.5) is 0 Å². The lowest BCUT2D eigenvalue weighted by Crippen LogP contribution is -2.46. The number of nitrogens with one attached hydrogen (secondary N) is 1. The first-order chi connectivity index (χ1) is 12.2. The molecule has 0 saturated carbocycles. The van der Waals surface area contributed by atoms with Crippen LogP contribution in [-0.2, 0) is 17.6 Å². The fraction of sp³-hybridized carbons (Fsp3) is 0.526. The minimum Gasteiger partial charge on any atom is -0.394 e. The Kier molecular flexibility index (Phi) is 5.03. The Hall–Kier alpha value is -1.99. The molecular formula is C19H25N3O3S. The Morgan fingerprint density at radius 3 is 2.77 bits per heavy atom. The van der Waals surface area contributed by atoms with E-state index in [0.717, 1.165) is 35.2 Å². The van der Waals surface area contributed by atoms with E-state index in [2.05, 4.69) is 32.2 Å². The monoisotopic (exact) mass is 375 g/mol. The van der Waals surface area contributed by atoms with Gasteiger partial charge in [0.1, 0.15) is 10.9 Å².